The molecule has 2 N–H and O–H groups in total. The van der Waals surface area contributed by atoms with Gasteiger partial charge in [-0.25, -0.2) is 0 Å². The number of methoxy groups -OCH3 is 1. The van der Waals surface area contributed by atoms with Crippen LogP contribution >= 0.6 is 11.6 Å². The second-order valence-electron chi connectivity index (χ2n) is 5.66. The van der Waals surface area contributed by atoms with Crippen LogP contribution in [-0.2, 0) is 9.53 Å². The molecule has 0 spiro atoms. The van der Waals surface area contributed by atoms with Crippen LogP contribution in [0.5, 0.6) is 0 Å². The Kier molecular flexibility index (Phi) is 5.64. The van der Waals surface area contributed by atoms with Crippen molar-refractivity contribution in [3.05, 3.63) is 47.2 Å². The summed E-state index contributed by atoms with van der Waals surface area (Å²) in [6, 6.07) is 10.3. The van der Waals surface area contributed by atoms with Crippen LogP contribution in [0.2, 0.25) is 5.02 Å². The van der Waals surface area contributed by atoms with Crippen molar-refractivity contribution in [1.29, 1.82) is 0 Å². The Labute approximate surface area is 144 Å². The topological polar surface area (TPSA) is 88.8 Å². The van der Waals surface area contributed by atoms with Gasteiger partial charge in [0.2, 0.25) is 0 Å². The Bertz CT molecular complexity index is 742. The van der Waals surface area contributed by atoms with Crippen LogP contribution in [0.15, 0.2) is 40.8 Å². The van der Waals surface area contributed by atoms with Crippen molar-refractivity contribution in [2.75, 3.05) is 13.7 Å². The Morgan fingerprint density at radius 3 is 2.62 bits per heavy atom. The number of carboxylic acids is 1. The van der Waals surface area contributed by atoms with E-state index in [9.17, 15) is 9.59 Å². The molecule has 2 aromatic rings. The first kappa shape index (κ1) is 18.0. The van der Waals surface area contributed by atoms with E-state index in [1.807, 2.05) is 6.07 Å². The fourth-order valence-electron chi connectivity index (χ4n) is 2.39. The molecule has 0 saturated carbocycles. The lowest BCUT2D eigenvalue weighted by molar-refractivity contribution is -0.139. The van der Waals surface area contributed by atoms with Crippen LogP contribution in [0.4, 0.5) is 0 Å². The SMILES string of the molecule is COCC(C)(CC(=O)O)NC(=O)c1ccc(-c2ccccc2Cl)o1. The zero-order chi connectivity index (χ0) is 17.7. The van der Waals surface area contributed by atoms with E-state index in [4.69, 9.17) is 25.9 Å². The summed E-state index contributed by atoms with van der Waals surface area (Å²) < 4.78 is 10.6. The number of carbonyl (C=O) groups is 2. The van der Waals surface area contributed by atoms with Gasteiger partial charge >= 0.3 is 5.97 Å². The molecule has 128 valence electrons. The van der Waals surface area contributed by atoms with E-state index >= 15 is 0 Å². The van der Waals surface area contributed by atoms with Gasteiger partial charge in [-0.1, -0.05) is 23.7 Å². The van der Waals surface area contributed by atoms with E-state index in [1.165, 1.54) is 13.2 Å². The smallest absolute Gasteiger partial charge is 0.305 e. The zero-order valence-electron chi connectivity index (χ0n) is 13.3. The van der Waals surface area contributed by atoms with Gasteiger partial charge in [0, 0.05) is 12.7 Å². The van der Waals surface area contributed by atoms with Crippen molar-refractivity contribution in [3.63, 3.8) is 0 Å². The molecule has 1 aromatic heterocycles. The molecule has 1 amide bonds. The normalized spacial score (nSPS) is 13.3. The molecule has 1 heterocycles. The lowest BCUT2D eigenvalue weighted by Crippen LogP contribution is -2.50. The van der Waals surface area contributed by atoms with Crippen LogP contribution in [-0.4, -0.2) is 36.2 Å². The van der Waals surface area contributed by atoms with Gasteiger partial charge in [-0.05, 0) is 31.2 Å². The number of rotatable bonds is 7. The first-order valence-corrected chi connectivity index (χ1v) is 7.60. The molecular weight excluding hydrogens is 334 g/mol. The van der Waals surface area contributed by atoms with Gasteiger partial charge in [-0.15, -0.1) is 0 Å². The standard InChI is InChI=1S/C17H18ClNO5/c1-17(10-23-2,9-15(20)21)19-16(22)14-8-7-13(24-14)11-5-3-4-6-12(11)18/h3-8H,9-10H2,1-2H3,(H,19,22)(H,20,21). The summed E-state index contributed by atoms with van der Waals surface area (Å²) in [7, 11) is 1.44. The van der Waals surface area contributed by atoms with Crippen LogP contribution in [0.1, 0.15) is 23.9 Å². The molecule has 2 rings (SSSR count). The van der Waals surface area contributed by atoms with Crippen molar-refractivity contribution < 1.29 is 23.8 Å². The van der Waals surface area contributed by atoms with Gasteiger partial charge < -0.3 is 19.6 Å². The number of furan rings is 1. The number of hydrogen-bond donors (Lipinski definition) is 2. The molecule has 0 aliphatic heterocycles. The van der Waals surface area contributed by atoms with E-state index in [2.05, 4.69) is 5.32 Å². The van der Waals surface area contributed by atoms with Gasteiger partial charge in [0.15, 0.2) is 5.76 Å². The predicted molar refractivity (Wildman–Crippen MR) is 89.2 cm³/mol. The summed E-state index contributed by atoms with van der Waals surface area (Å²) >= 11 is 6.11. The average molecular weight is 352 g/mol. The summed E-state index contributed by atoms with van der Waals surface area (Å²) in [5, 5.41) is 12.2. The number of amides is 1. The van der Waals surface area contributed by atoms with Gasteiger partial charge in [0.25, 0.3) is 5.91 Å². The number of carbonyl (C=O) groups excluding carboxylic acids is 1. The molecule has 0 fully saturated rings. The van der Waals surface area contributed by atoms with E-state index in [-0.39, 0.29) is 18.8 Å². The molecule has 0 aliphatic carbocycles. The number of aliphatic carboxylic acids is 1. The van der Waals surface area contributed by atoms with Crippen molar-refractivity contribution in [2.24, 2.45) is 0 Å². The highest BCUT2D eigenvalue weighted by Crippen LogP contribution is 2.29. The Hall–Kier alpha value is -2.31. The van der Waals surface area contributed by atoms with Crippen LogP contribution < -0.4 is 5.32 Å². The van der Waals surface area contributed by atoms with Crippen LogP contribution in [0, 0.1) is 0 Å². The minimum Gasteiger partial charge on any atom is -0.481 e. The van der Waals surface area contributed by atoms with Gasteiger partial charge in [0.05, 0.1) is 23.6 Å². The van der Waals surface area contributed by atoms with E-state index in [0.29, 0.717) is 16.3 Å². The number of carboxylic acid groups (broad SMARTS) is 1. The minimum absolute atomic E-state index is 0.0586. The molecule has 0 saturated heterocycles. The maximum absolute atomic E-state index is 12.4. The third-order valence-electron chi connectivity index (χ3n) is 3.39. The summed E-state index contributed by atoms with van der Waals surface area (Å²) in [5.74, 6) is -1.03. The molecule has 6 nitrogen and oxygen atoms in total. The number of hydrogen-bond acceptors (Lipinski definition) is 4. The molecule has 7 heteroatoms. The number of ether oxygens (including phenoxy) is 1. The number of halogens is 1. The van der Waals surface area contributed by atoms with Gasteiger partial charge in [-0.3, -0.25) is 9.59 Å². The first-order valence-electron chi connectivity index (χ1n) is 7.22. The van der Waals surface area contributed by atoms with Crippen molar-refractivity contribution in [1.82, 2.24) is 5.32 Å². The second-order valence-corrected chi connectivity index (χ2v) is 6.07. The van der Waals surface area contributed by atoms with Crippen LogP contribution in [0.3, 0.4) is 0 Å². The average Bonchev–Trinajstić information content (AvgIpc) is 2.96. The van der Waals surface area contributed by atoms with Crippen molar-refractivity contribution in [2.45, 2.75) is 18.9 Å². The zero-order valence-corrected chi connectivity index (χ0v) is 14.1. The van der Waals surface area contributed by atoms with E-state index in [1.54, 1.807) is 31.2 Å². The highest BCUT2D eigenvalue weighted by atomic mass is 35.5. The third kappa shape index (κ3) is 4.37. The van der Waals surface area contributed by atoms with Gasteiger partial charge in [0.1, 0.15) is 5.76 Å². The molecule has 1 unspecified atom stereocenters. The predicted octanol–water partition coefficient (Wildman–Crippen LogP) is 3.21. The molecule has 0 radical (unpaired) electrons. The molecule has 1 aromatic carbocycles. The summed E-state index contributed by atoms with van der Waals surface area (Å²) in [6.45, 7) is 1.66. The maximum Gasteiger partial charge on any atom is 0.305 e. The lowest BCUT2D eigenvalue weighted by Gasteiger charge is -2.27. The van der Waals surface area contributed by atoms with Gasteiger partial charge in [-0.2, -0.15) is 0 Å². The summed E-state index contributed by atoms with van der Waals surface area (Å²) in [6.07, 6.45) is -0.273. The minimum atomic E-state index is -1.05. The molecule has 1 atom stereocenters. The Morgan fingerprint density at radius 2 is 2.00 bits per heavy atom. The first-order chi connectivity index (χ1) is 11.3. The summed E-state index contributed by atoms with van der Waals surface area (Å²) in [4.78, 5) is 23.3. The van der Waals surface area contributed by atoms with Crippen molar-refractivity contribution in [3.8, 4) is 11.3 Å². The third-order valence-corrected chi connectivity index (χ3v) is 3.72. The van der Waals surface area contributed by atoms with Crippen molar-refractivity contribution >= 4 is 23.5 Å². The Balaban J connectivity index is 2.18. The highest BCUT2D eigenvalue weighted by Gasteiger charge is 2.31. The van der Waals surface area contributed by atoms with E-state index < -0.39 is 17.4 Å². The fraction of sp³-hybridized carbons (Fsp3) is 0.294. The fourth-order valence-corrected chi connectivity index (χ4v) is 2.61. The molecule has 0 bridgehead atoms. The van der Waals surface area contributed by atoms with Crippen LogP contribution in [0.25, 0.3) is 11.3 Å². The monoisotopic (exact) mass is 351 g/mol. The quantitative estimate of drug-likeness (QED) is 0.799. The molecular formula is C17H18ClNO5. The summed E-state index contributed by atoms with van der Waals surface area (Å²) in [5.41, 5.74) is -0.377. The number of benzene rings is 1. The lowest BCUT2D eigenvalue weighted by atomic mass is 9.99. The maximum atomic E-state index is 12.4. The Morgan fingerprint density at radius 1 is 1.29 bits per heavy atom. The number of nitrogens with one attached hydrogen (secondary N) is 1. The van der Waals surface area contributed by atoms with E-state index in [0.717, 1.165) is 0 Å². The highest BCUT2D eigenvalue weighted by molar-refractivity contribution is 6.33. The largest absolute Gasteiger partial charge is 0.481 e. The molecule has 0 aliphatic rings. The molecule has 24 heavy (non-hydrogen) atoms. The second kappa shape index (κ2) is 7.51.